The SMILES string of the molecule is CCOC(=O)CC(=O)OCC.CCOC(=O)Cc1nnc2ccccn12.NCc1ccccn1.O=P(Cl)(Cl)Cl. The third kappa shape index (κ3) is 19.9. The lowest BCUT2D eigenvalue weighted by molar-refractivity contribution is -0.154. The number of ether oxygens (including phenoxy) is 3. The lowest BCUT2D eigenvalue weighted by atomic mass is 10.4. The fourth-order valence-electron chi connectivity index (χ4n) is 2.41. The first-order chi connectivity index (χ1) is 18.4. The van der Waals surface area contributed by atoms with Gasteiger partial charge in [-0.05, 0) is 78.8 Å². The molecule has 2 N–H and O–H groups in total. The quantitative estimate of drug-likeness (QED) is 0.160. The standard InChI is InChI=1S/C10H11N3O2.C7H12O4.C6H8N2.Cl3OP/c1-2-15-10(14)7-9-12-11-8-5-3-4-6-13(8)9;1-3-10-6(8)5-7(9)11-4-2;7-5-6-3-1-2-4-8-6;1-5(2,3)4/h3-6H,2,7H2,1H3;3-5H2,1-2H3;1-4H,5,7H2;. The van der Waals surface area contributed by atoms with Crippen LogP contribution in [0.15, 0.2) is 48.8 Å². The number of carbonyl (C=O) groups is 3. The number of fused-ring (bicyclic) bond motifs is 1. The zero-order valence-corrected chi connectivity index (χ0v) is 24.8. The summed E-state index contributed by atoms with van der Waals surface area (Å²) < 4.78 is 25.2. The molecule has 16 heteroatoms. The van der Waals surface area contributed by atoms with Crippen LogP contribution >= 0.6 is 38.9 Å². The van der Waals surface area contributed by atoms with Crippen LogP contribution in [0.3, 0.4) is 0 Å². The van der Waals surface area contributed by atoms with Crippen LogP contribution in [-0.4, -0.2) is 57.3 Å². The third-order valence-electron chi connectivity index (χ3n) is 3.83. The van der Waals surface area contributed by atoms with Crippen molar-refractivity contribution in [2.24, 2.45) is 5.73 Å². The first kappa shape index (κ1) is 36.2. The number of carbonyl (C=O) groups excluding carboxylic acids is 3. The predicted octanol–water partition coefficient (Wildman–Crippen LogP) is 4.69. The van der Waals surface area contributed by atoms with Gasteiger partial charge in [-0.2, -0.15) is 0 Å². The van der Waals surface area contributed by atoms with E-state index in [1.165, 1.54) is 0 Å². The van der Waals surface area contributed by atoms with Crippen molar-refractivity contribution < 1.29 is 33.2 Å². The minimum absolute atomic E-state index is 0.152. The van der Waals surface area contributed by atoms with Crippen LogP contribution in [-0.2, 0) is 46.1 Å². The van der Waals surface area contributed by atoms with E-state index >= 15 is 0 Å². The molecule has 0 amide bonds. The summed E-state index contributed by atoms with van der Waals surface area (Å²) >= 11 is 13.8. The maximum Gasteiger partial charge on any atom is 0.339 e. The molecule has 3 rings (SSSR count). The fraction of sp³-hybridized carbons (Fsp3) is 0.391. The molecule has 0 bridgehead atoms. The van der Waals surface area contributed by atoms with Crippen LogP contribution in [0.5, 0.6) is 0 Å². The summed E-state index contributed by atoms with van der Waals surface area (Å²) in [5, 5.41) is 4.64. The van der Waals surface area contributed by atoms with Crippen molar-refractivity contribution in [3.63, 3.8) is 0 Å². The second-order valence-electron chi connectivity index (χ2n) is 6.74. The molecular weight excluding hydrogens is 596 g/mol. The highest BCUT2D eigenvalue weighted by Gasteiger charge is 2.11. The lowest BCUT2D eigenvalue weighted by Gasteiger charge is -2.00. The molecule has 39 heavy (non-hydrogen) atoms. The van der Waals surface area contributed by atoms with Crippen molar-refractivity contribution in [3.05, 3.63) is 60.3 Å². The Balaban J connectivity index is 0.000000532. The van der Waals surface area contributed by atoms with Crippen molar-refractivity contribution >= 4 is 62.5 Å². The van der Waals surface area contributed by atoms with E-state index in [9.17, 15) is 18.9 Å². The largest absolute Gasteiger partial charge is 0.466 e. The molecule has 0 unspecified atom stereocenters. The Kier molecular flexibility index (Phi) is 19.6. The van der Waals surface area contributed by atoms with Gasteiger partial charge < -0.3 is 19.9 Å². The first-order valence-electron chi connectivity index (χ1n) is 11.5. The second kappa shape index (κ2) is 21.1. The van der Waals surface area contributed by atoms with Crippen molar-refractivity contribution in [3.8, 4) is 0 Å². The summed E-state index contributed by atoms with van der Waals surface area (Å²) in [6.45, 7) is 6.64. The Bertz CT molecular complexity index is 1150. The monoisotopic (exact) mass is 625 g/mol. The van der Waals surface area contributed by atoms with Crippen LogP contribution in [0.4, 0.5) is 0 Å². The molecule has 0 saturated carbocycles. The van der Waals surface area contributed by atoms with Crippen LogP contribution in [0.2, 0.25) is 0 Å². The normalized spacial score (nSPS) is 9.92. The molecule has 0 atom stereocenters. The van der Waals surface area contributed by atoms with Crippen molar-refractivity contribution in [2.75, 3.05) is 19.8 Å². The summed E-state index contributed by atoms with van der Waals surface area (Å²) in [5.74, 6) is -0.753. The van der Waals surface area contributed by atoms with E-state index in [0.29, 0.717) is 19.0 Å². The molecule has 3 aromatic rings. The zero-order valence-electron chi connectivity index (χ0n) is 21.7. The van der Waals surface area contributed by atoms with Gasteiger partial charge in [0, 0.05) is 18.9 Å². The van der Waals surface area contributed by atoms with Gasteiger partial charge in [0.25, 0.3) is 0 Å². The molecule has 0 saturated heterocycles. The number of aromatic nitrogens is 4. The van der Waals surface area contributed by atoms with Gasteiger partial charge in [0.2, 0.25) is 0 Å². The first-order valence-corrected chi connectivity index (χ1v) is 15.9. The molecule has 0 fully saturated rings. The van der Waals surface area contributed by atoms with Gasteiger partial charge in [0.15, 0.2) is 5.65 Å². The predicted molar refractivity (Wildman–Crippen MR) is 149 cm³/mol. The summed E-state index contributed by atoms with van der Waals surface area (Å²) in [4.78, 5) is 36.4. The number of esters is 3. The maximum atomic E-state index is 11.3. The lowest BCUT2D eigenvalue weighted by Crippen LogP contribution is -2.13. The minimum atomic E-state index is -3.22. The highest BCUT2D eigenvalue weighted by Crippen LogP contribution is 2.61. The smallest absolute Gasteiger partial charge is 0.339 e. The summed E-state index contributed by atoms with van der Waals surface area (Å²) in [6, 6.07) is 11.3. The van der Waals surface area contributed by atoms with E-state index in [2.05, 4.69) is 58.4 Å². The highest BCUT2D eigenvalue weighted by molar-refractivity contribution is 8.24. The van der Waals surface area contributed by atoms with E-state index in [-0.39, 0.29) is 32.0 Å². The number of pyridine rings is 2. The Morgan fingerprint density at radius 1 is 0.872 bits per heavy atom. The highest BCUT2D eigenvalue weighted by atomic mass is 36.0. The van der Waals surface area contributed by atoms with Crippen LogP contribution in [0.1, 0.15) is 38.7 Å². The van der Waals surface area contributed by atoms with E-state index in [1.54, 1.807) is 31.4 Å². The van der Waals surface area contributed by atoms with Crippen LogP contribution in [0.25, 0.3) is 5.65 Å². The Hall–Kier alpha value is -2.76. The molecule has 0 spiro atoms. The van der Waals surface area contributed by atoms with E-state index < -0.39 is 17.1 Å². The number of halogens is 3. The molecule has 3 aromatic heterocycles. The zero-order chi connectivity index (χ0) is 29.7. The number of hydrogen-bond acceptors (Lipinski definition) is 11. The van der Waals surface area contributed by atoms with Crippen molar-refractivity contribution in [1.29, 1.82) is 0 Å². The average Bonchev–Trinajstić information content (AvgIpc) is 3.27. The number of hydrogen-bond donors (Lipinski definition) is 1. The Morgan fingerprint density at radius 2 is 1.41 bits per heavy atom. The number of rotatable bonds is 8. The molecule has 216 valence electrons. The van der Waals surface area contributed by atoms with E-state index in [1.807, 2.05) is 42.6 Å². The van der Waals surface area contributed by atoms with Crippen LogP contribution in [0, 0.1) is 0 Å². The molecule has 0 aromatic carbocycles. The molecule has 0 aliphatic rings. The van der Waals surface area contributed by atoms with Gasteiger partial charge >= 0.3 is 23.1 Å². The number of nitrogens with two attached hydrogens (primary N) is 1. The summed E-state index contributed by atoms with van der Waals surface area (Å²) in [5.41, 5.74) is 6.96. The second-order valence-corrected chi connectivity index (χ2v) is 13.4. The van der Waals surface area contributed by atoms with E-state index in [0.717, 1.165) is 11.3 Å². The fourth-order valence-corrected chi connectivity index (χ4v) is 2.41. The Morgan fingerprint density at radius 3 is 1.87 bits per heavy atom. The van der Waals surface area contributed by atoms with Gasteiger partial charge in [-0.15, -0.1) is 10.2 Å². The minimum Gasteiger partial charge on any atom is -0.466 e. The third-order valence-corrected chi connectivity index (χ3v) is 3.83. The molecule has 0 aliphatic carbocycles. The topological polar surface area (TPSA) is 165 Å². The van der Waals surface area contributed by atoms with Crippen molar-refractivity contribution in [1.82, 2.24) is 19.6 Å². The van der Waals surface area contributed by atoms with E-state index in [4.69, 9.17) is 10.5 Å². The molecule has 12 nitrogen and oxygen atoms in total. The van der Waals surface area contributed by atoms with Crippen molar-refractivity contribution in [2.45, 2.75) is 40.2 Å². The molecule has 3 heterocycles. The van der Waals surface area contributed by atoms with Gasteiger partial charge in [-0.25, -0.2) is 0 Å². The number of nitrogens with zero attached hydrogens (tertiary/aromatic N) is 4. The molecule has 0 radical (unpaired) electrons. The van der Waals surface area contributed by atoms with Gasteiger partial charge in [-0.1, -0.05) is 12.1 Å². The van der Waals surface area contributed by atoms with Crippen LogP contribution < -0.4 is 5.73 Å². The summed E-state index contributed by atoms with van der Waals surface area (Å²) in [6.07, 6.45) is 3.42. The average molecular weight is 627 g/mol. The van der Waals surface area contributed by atoms with Gasteiger partial charge in [0.1, 0.15) is 18.7 Å². The molecular formula is C23H31Cl3N5O7P. The van der Waals surface area contributed by atoms with Gasteiger partial charge in [-0.3, -0.25) is 28.3 Å². The van der Waals surface area contributed by atoms with Gasteiger partial charge in [0.05, 0.1) is 25.5 Å². The Labute approximate surface area is 240 Å². The maximum absolute atomic E-state index is 11.3. The summed E-state index contributed by atoms with van der Waals surface area (Å²) in [7, 11) is 0. The molecule has 0 aliphatic heterocycles.